The molecule has 1 amide bonds. The van der Waals surface area contributed by atoms with Crippen LogP contribution in [0.2, 0.25) is 0 Å². The Kier molecular flexibility index (Phi) is 5.03. The predicted octanol–water partition coefficient (Wildman–Crippen LogP) is 5.26. The quantitative estimate of drug-likeness (QED) is 0.320. The fourth-order valence-electron chi connectivity index (χ4n) is 3.42. The monoisotopic (exact) mass is 473 g/mol. The number of furan rings is 1. The van der Waals surface area contributed by atoms with Crippen molar-refractivity contribution in [2.75, 3.05) is 4.90 Å². The zero-order chi connectivity index (χ0) is 21.6. The first-order valence-electron chi connectivity index (χ1n) is 8.85. The molecule has 0 saturated carbocycles. The van der Waals surface area contributed by atoms with Crippen molar-refractivity contribution < 1.29 is 27.9 Å². The van der Waals surface area contributed by atoms with Gasteiger partial charge in [0.2, 0.25) is 0 Å². The molecule has 4 rings (SSSR count). The lowest BCUT2D eigenvalue weighted by molar-refractivity contribution is -0.132. The summed E-state index contributed by atoms with van der Waals surface area (Å²) in [5.74, 6) is -4.18. The number of aliphatic hydroxyl groups is 1. The van der Waals surface area contributed by atoms with Gasteiger partial charge in [-0.15, -0.1) is 0 Å². The zero-order valence-electron chi connectivity index (χ0n) is 15.5. The van der Waals surface area contributed by atoms with Crippen LogP contribution >= 0.6 is 15.9 Å². The van der Waals surface area contributed by atoms with Gasteiger partial charge in [-0.3, -0.25) is 14.5 Å². The summed E-state index contributed by atoms with van der Waals surface area (Å²) in [6.07, 6.45) is 1.33. The van der Waals surface area contributed by atoms with Crippen LogP contribution in [0.4, 0.5) is 14.5 Å². The van der Waals surface area contributed by atoms with Crippen LogP contribution in [0.3, 0.4) is 0 Å². The highest BCUT2D eigenvalue weighted by molar-refractivity contribution is 9.10. The third kappa shape index (κ3) is 3.23. The van der Waals surface area contributed by atoms with Gasteiger partial charge in [0.05, 0.1) is 17.5 Å². The van der Waals surface area contributed by atoms with E-state index in [9.17, 15) is 23.5 Å². The van der Waals surface area contributed by atoms with E-state index in [0.717, 1.165) is 27.1 Å². The number of benzene rings is 2. The zero-order valence-corrected chi connectivity index (χ0v) is 17.1. The third-order valence-electron chi connectivity index (χ3n) is 4.86. The van der Waals surface area contributed by atoms with E-state index in [-0.39, 0.29) is 17.0 Å². The molecule has 1 aliphatic rings. The number of hydrogen-bond acceptors (Lipinski definition) is 4. The van der Waals surface area contributed by atoms with Gasteiger partial charge in [-0.05, 0) is 48.9 Å². The second kappa shape index (κ2) is 7.53. The maximum absolute atomic E-state index is 14.5. The van der Waals surface area contributed by atoms with E-state index in [1.807, 2.05) is 0 Å². The number of aryl methyl sites for hydroxylation is 1. The van der Waals surface area contributed by atoms with E-state index in [0.29, 0.717) is 11.6 Å². The highest BCUT2D eigenvalue weighted by Gasteiger charge is 2.49. The number of nitrogens with zero attached hydrogens (tertiary/aromatic N) is 1. The van der Waals surface area contributed by atoms with Gasteiger partial charge in [0.15, 0.2) is 0 Å². The number of ketones is 1. The van der Waals surface area contributed by atoms with Crippen molar-refractivity contribution in [2.45, 2.75) is 13.0 Å². The SMILES string of the molecule is Cc1cc(/C(O)=C2/C(=O)C(=O)N(c3ccc(F)cc3F)C2c2ccco2)ccc1Br. The summed E-state index contributed by atoms with van der Waals surface area (Å²) in [5, 5.41) is 10.9. The molecule has 2 aromatic carbocycles. The second-order valence-electron chi connectivity index (χ2n) is 6.74. The number of aliphatic hydroxyl groups excluding tert-OH is 1. The maximum atomic E-state index is 14.5. The van der Waals surface area contributed by atoms with Crippen molar-refractivity contribution in [1.82, 2.24) is 0 Å². The Morgan fingerprint density at radius 2 is 1.90 bits per heavy atom. The van der Waals surface area contributed by atoms with Gasteiger partial charge in [0.25, 0.3) is 11.7 Å². The van der Waals surface area contributed by atoms with E-state index in [4.69, 9.17) is 4.42 Å². The van der Waals surface area contributed by atoms with E-state index in [1.54, 1.807) is 31.2 Å². The first-order valence-corrected chi connectivity index (χ1v) is 9.65. The summed E-state index contributed by atoms with van der Waals surface area (Å²) in [6.45, 7) is 1.80. The molecule has 30 heavy (non-hydrogen) atoms. The van der Waals surface area contributed by atoms with Gasteiger partial charge in [0, 0.05) is 16.1 Å². The van der Waals surface area contributed by atoms with Crippen molar-refractivity contribution in [3.05, 3.63) is 93.4 Å². The van der Waals surface area contributed by atoms with Crippen molar-refractivity contribution in [3.8, 4) is 0 Å². The number of amides is 1. The molecule has 0 radical (unpaired) electrons. The first kappa shape index (κ1) is 20.0. The average molecular weight is 474 g/mol. The van der Waals surface area contributed by atoms with Crippen LogP contribution in [0.25, 0.3) is 5.76 Å². The molecule has 8 heteroatoms. The van der Waals surface area contributed by atoms with Crippen LogP contribution in [-0.4, -0.2) is 16.8 Å². The average Bonchev–Trinajstić information content (AvgIpc) is 3.31. The Bertz CT molecular complexity index is 1200. The van der Waals surface area contributed by atoms with Crippen LogP contribution in [0.5, 0.6) is 0 Å². The number of hydrogen-bond donors (Lipinski definition) is 1. The standard InChI is InChI=1S/C22H14BrF2NO4/c1-11-9-12(4-6-14(11)23)20(27)18-19(17-3-2-8-30-17)26(22(29)21(18)28)16-7-5-13(24)10-15(16)25/h2-10,19,27H,1H3/b20-18-. The Hall–Kier alpha value is -3.26. The van der Waals surface area contributed by atoms with Crippen LogP contribution in [-0.2, 0) is 9.59 Å². The molecule has 1 fully saturated rings. The topological polar surface area (TPSA) is 70.8 Å². The van der Waals surface area contributed by atoms with Crippen molar-refractivity contribution >= 4 is 39.1 Å². The van der Waals surface area contributed by atoms with Gasteiger partial charge in [-0.25, -0.2) is 8.78 Å². The normalized spacial score (nSPS) is 18.3. The number of halogens is 3. The molecule has 1 aliphatic heterocycles. The molecule has 1 saturated heterocycles. The molecule has 0 bridgehead atoms. The Balaban J connectivity index is 1.95. The molecule has 0 spiro atoms. The van der Waals surface area contributed by atoms with E-state index < -0.39 is 35.1 Å². The summed E-state index contributed by atoms with van der Waals surface area (Å²) >= 11 is 3.37. The fourth-order valence-corrected chi connectivity index (χ4v) is 3.67. The van der Waals surface area contributed by atoms with Crippen molar-refractivity contribution in [2.24, 2.45) is 0 Å². The lowest BCUT2D eigenvalue weighted by atomic mass is 9.98. The highest BCUT2D eigenvalue weighted by Crippen LogP contribution is 2.43. The van der Waals surface area contributed by atoms with Gasteiger partial charge < -0.3 is 9.52 Å². The molecule has 2 heterocycles. The van der Waals surface area contributed by atoms with Crippen LogP contribution in [0.1, 0.15) is 22.9 Å². The van der Waals surface area contributed by atoms with Gasteiger partial charge in [-0.2, -0.15) is 0 Å². The minimum atomic E-state index is -1.22. The summed E-state index contributed by atoms with van der Waals surface area (Å²) < 4.78 is 34.1. The first-order chi connectivity index (χ1) is 14.3. The minimum Gasteiger partial charge on any atom is -0.507 e. The molecule has 1 unspecified atom stereocenters. The molecular weight excluding hydrogens is 460 g/mol. The number of rotatable bonds is 3. The van der Waals surface area contributed by atoms with Gasteiger partial charge in [-0.1, -0.05) is 22.0 Å². The minimum absolute atomic E-state index is 0.147. The third-order valence-corrected chi connectivity index (χ3v) is 5.75. The summed E-state index contributed by atoms with van der Waals surface area (Å²) in [4.78, 5) is 26.6. The lowest BCUT2D eigenvalue weighted by Crippen LogP contribution is -2.30. The van der Waals surface area contributed by atoms with Crippen LogP contribution in [0.15, 0.2) is 69.3 Å². The van der Waals surface area contributed by atoms with E-state index in [2.05, 4.69) is 15.9 Å². The summed E-state index contributed by atoms with van der Waals surface area (Å²) in [7, 11) is 0. The lowest BCUT2D eigenvalue weighted by Gasteiger charge is -2.23. The van der Waals surface area contributed by atoms with Gasteiger partial charge >= 0.3 is 0 Å². The molecule has 152 valence electrons. The van der Waals surface area contributed by atoms with Crippen molar-refractivity contribution in [1.29, 1.82) is 0 Å². The molecule has 5 nitrogen and oxygen atoms in total. The largest absolute Gasteiger partial charge is 0.507 e. The Morgan fingerprint density at radius 1 is 1.13 bits per heavy atom. The Morgan fingerprint density at radius 3 is 2.53 bits per heavy atom. The van der Waals surface area contributed by atoms with Crippen LogP contribution in [0, 0.1) is 18.6 Å². The number of carbonyl (C=O) groups excluding carboxylic acids is 2. The summed E-state index contributed by atoms with van der Waals surface area (Å²) in [5.41, 5.74) is 0.559. The molecule has 1 N–H and O–H groups in total. The predicted molar refractivity (Wildman–Crippen MR) is 109 cm³/mol. The number of carbonyl (C=O) groups is 2. The molecule has 1 aromatic heterocycles. The van der Waals surface area contributed by atoms with E-state index >= 15 is 0 Å². The van der Waals surface area contributed by atoms with E-state index in [1.165, 1.54) is 12.3 Å². The molecular formula is C22H14BrF2NO4. The summed E-state index contributed by atoms with van der Waals surface area (Å²) in [6, 6.07) is 9.41. The number of anilines is 1. The number of Topliss-reactive ketones (excluding diaryl/α,β-unsaturated/α-hetero) is 1. The molecule has 3 aromatic rings. The Labute approximate surface area is 178 Å². The maximum Gasteiger partial charge on any atom is 0.300 e. The molecule has 1 atom stereocenters. The smallest absolute Gasteiger partial charge is 0.300 e. The van der Waals surface area contributed by atoms with Gasteiger partial charge in [0.1, 0.15) is 29.2 Å². The highest BCUT2D eigenvalue weighted by atomic mass is 79.9. The second-order valence-corrected chi connectivity index (χ2v) is 7.60. The fraction of sp³-hybridized carbons (Fsp3) is 0.0909. The molecule has 0 aliphatic carbocycles. The van der Waals surface area contributed by atoms with Crippen molar-refractivity contribution in [3.63, 3.8) is 0 Å². The van der Waals surface area contributed by atoms with Crippen LogP contribution < -0.4 is 4.90 Å².